The van der Waals surface area contributed by atoms with E-state index in [0.717, 1.165) is 60.9 Å². The Morgan fingerprint density at radius 3 is 2.46 bits per heavy atom. The van der Waals surface area contributed by atoms with Crippen molar-refractivity contribution in [2.24, 2.45) is 5.41 Å². The van der Waals surface area contributed by atoms with Crippen molar-refractivity contribution in [1.82, 2.24) is 34.5 Å². The maximum absolute atomic E-state index is 13.2. The first-order valence-electron chi connectivity index (χ1n) is 13.5. The van der Waals surface area contributed by atoms with Gasteiger partial charge in [0, 0.05) is 25.2 Å². The van der Waals surface area contributed by atoms with E-state index in [1.54, 1.807) is 4.52 Å². The van der Waals surface area contributed by atoms with E-state index in [2.05, 4.69) is 57.5 Å². The van der Waals surface area contributed by atoms with Gasteiger partial charge in [-0.05, 0) is 81.5 Å². The summed E-state index contributed by atoms with van der Waals surface area (Å²) in [4.78, 5) is 15.3. The molecule has 8 nitrogen and oxygen atoms in total. The first kappa shape index (κ1) is 25.1. The fourth-order valence-corrected chi connectivity index (χ4v) is 5.95. The summed E-state index contributed by atoms with van der Waals surface area (Å²) in [6.45, 7) is 9.92. The molecule has 0 saturated carbocycles. The zero-order valence-corrected chi connectivity index (χ0v) is 22.4. The summed E-state index contributed by atoms with van der Waals surface area (Å²) in [6, 6.07) is 14.6. The van der Waals surface area contributed by atoms with Crippen LogP contribution in [0.2, 0.25) is 0 Å². The number of aryl methyl sites for hydroxylation is 2. The molecule has 1 aliphatic rings. The third-order valence-electron chi connectivity index (χ3n) is 8.03. The minimum Gasteiger partial charge on any atom is -0.343 e. The van der Waals surface area contributed by atoms with Gasteiger partial charge in [-0.3, -0.25) is 4.79 Å². The van der Waals surface area contributed by atoms with Crippen LogP contribution in [0, 0.1) is 26.2 Å². The second kappa shape index (κ2) is 10.4. The highest BCUT2D eigenvalue weighted by molar-refractivity contribution is 5.76. The maximum Gasteiger partial charge on any atom is 0.222 e. The summed E-state index contributed by atoms with van der Waals surface area (Å²) in [5.41, 5.74) is 5.51. The van der Waals surface area contributed by atoms with Gasteiger partial charge in [0.15, 0.2) is 17.3 Å². The number of fused-ring (bicyclic) bond motifs is 1. The van der Waals surface area contributed by atoms with E-state index < -0.39 is 0 Å². The topological polar surface area (TPSA) is 81.2 Å². The fraction of sp³-hybridized carbons (Fsp3) is 0.483. The normalized spacial score (nSPS) is 15.4. The molecule has 0 unspecified atom stereocenters. The van der Waals surface area contributed by atoms with Gasteiger partial charge >= 0.3 is 0 Å². The van der Waals surface area contributed by atoms with Crippen LogP contribution in [-0.2, 0) is 17.6 Å². The van der Waals surface area contributed by atoms with Gasteiger partial charge in [0.1, 0.15) is 0 Å². The van der Waals surface area contributed by atoms with Gasteiger partial charge in [-0.15, -0.1) is 15.3 Å². The summed E-state index contributed by atoms with van der Waals surface area (Å²) in [5, 5.41) is 17.6. The first-order valence-corrected chi connectivity index (χ1v) is 13.5. The summed E-state index contributed by atoms with van der Waals surface area (Å²) in [5.74, 6) is 1.70. The van der Waals surface area contributed by atoms with Crippen LogP contribution in [0.4, 0.5) is 0 Å². The Bertz CT molecular complexity index is 1380. The average Bonchev–Trinajstić information content (AvgIpc) is 3.41. The summed E-state index contributed by atoms with van der Waals surface area (Å²) >= 11 is 0. The van der Waals surface area contributed by atoms with Crippen molar-refractivity contribution in [3.63, 3.8) is 0 Å². The number of carbonyl (C=O) groups is 1. The van der Waals surface area contributed by atoms with E-state index in [0.29, 0.717) is 23.9 Å². The molecule has 4 aromatic rings. The summed E-state index contributed by atoms with van der Waals surface area (Å²) in [7, 11) is 0. The molecule has 1 saturated heterocycles. The second-order valence-electron chi connectivity index (χ2n) is 10.6. The molecule has 0 atom stereocenters. The lowest BCUT2D eigenvalue weighted by Crippen LogP contribution is -2.44. The zero-order chi connectivity index (χ0) is 26.0. The van der Waals surface area contributed by atoms with Crippen molar-refractivity contribution in [3.8, 4) is 5.82 Å². The molecule has 0 spiro atoms. The predicted molar refractivity (Wildman–Crippen MR) is 144 cm³/mol. The number of hydrogen-bond acceptors (Lipinski definition) is 5. The molecule has 8 heteroatoms. The summed E-state index contributed by atoms with van der Waals surface area (Å²) in [6.07, 6.45) is 6.85. The molecule has 0 aliphatic carbocycles. The van der Waals surface area contributed by atoms with Crippen molar-refractivity contribution < 1.29 is 4.79 Å². The molecule has 1 amide bonds. The summed E-state index contributed by atoms with van der Waals surface area (Å²) < 4.78 is 3.58. The van der Waals surface area contributed by atoms with Gasteiger partial charge < -0.3 is 4.90 Å². The number of nitrogens with zero attached hydrogens (tertiary/aromatic N) is 7. The molecule has 4 heterocycles. The molecule has 3 aromatic heterocycles. The number of amides is 1. The zero-order valence-electron chi connectivity index (χ0n) is 22.4. The van der Waals surface area contributed by atoms with Crippen molar-refractivity contribution in [1.29, 1.82) is 0 Å². The molecule has 194 valence electrons. The quantitative estimate of drug-likeness (QED) is 0.347. The van der Waals surface area contributed by atoms with Crippen LogP contribution in [0.5, 0.6) is 0 Å². The Hall–Kier alpha value is -3.55. The van der Waals surface area contributed by atoms with E-state index in [4.69, 9.17) is 5.10 Å². The molecular formula is C29H37N7O. The van der Waals surface area contributed by atoms with Crippen LogP contribution < -0.4 is 0 Å². The molecular weight excluding hydrogens is 462 g/mol. The van der Waals surface area contributed by atoms with Crippen LogP contribution in [0.25, 0.3) is 11.5 Å². The maximum atomic E-state index is 13.2. The second-order valence-corrected chi connectivity index (χ2v) is 10.6. The van der Waals surface area contributed by atoms with Gasteiger partial charge in [-0.2, -0.15) is 9.61 Å². The van der Waals surface area contributed by atoms with Crippen molar-refractivity contribution in [2.75, 3.05) is 13.1 Å². The number of likely N-dealkylation sites (tertiary alicyclic amines) is 1. The Labute approximate surface area is 218 Å². The van der Waals surface area contributed by atoms with Gasteiger partial charge in [0.05, 0.1) is 5.69 Å². The molecule has 0 N–H and O–H groups in total. The lowest BCUT2D eigenvalue weighted by atomic mass is 9.71. The van der Waals surface area contributed by atoms with Crippen molar-refractivity contribution in [3.05, 3.63) is 70.8 Å². The number of benzene rings is 1. The molecule has 5 rings (SSSR count). The monoisotopic (exact) mass is 499 g/mol. The number of rotatable bonds is 8. The van der Waals surface area contributed by atoms with E-state index in [1.807, 2.05) is 37.6 Å². The number of carbonyl (C=O) groups excluding carboxylic acids is 1. The largest absolute Gasteiger partial charge is 0.343 e. The first-order chi connectivity index (χ1) is 17.9. The van der Waals surface area contributed by atoms with E-state index in [9.17, 15) is 4.79 Å². The number of piperidine rings is 1. The van der Waals surface area contributed by atoms with E-state index >= 15 is 0 Å². The molecule has 1 aliphatic heterocycles. The minimum atomic E-state index is 0.246. The molecule has 0 bridgehead atoms. The lowest BCUT2D eigenvalue weighted by molar-refractivity contribution is -0.133. The SMILES string of the molecule is CCCC1(Cc2ccccc2)CCN(C(=O)CCc2c(C)nn(-c3ccc4nnc(C)n4n3)c2C)CC1. The lowest BCUT2D eigenvalue weighted by Gasteiger charge is -2.42. The minimum absolute atomic E-state index is 0.246. The van der Waals surface area contributed by atoms with Gasteiger partial charge in [-0.25, -0.2) is 4.68 Å². The van der Waals surface area contributed by atoms with Crippen LogP contribution in [0.3, 0.4) is 0 Å². The van der Waals surface area contributed by atoms with E-state index in [1.165, 1.54) is 18.4 Å². The van der Waals surface area contributed by atoms with Crippen LogP contribution in [0.15, 0.2) is 42.5 Å². The third-order valence-corrected chi connectivity index (χ3v) is 8.03. The number of aromatic nitrogens is 6. The Morgan fingerprint density at radius 1 is 0.973 bits per heavy atom. The van der Waals surface area contributed by atoms with Gasteiger partial charge in [0.25, 0.3) is 0 Å². The van der Waals surface area contributed by atoms with Crippen molar-refractivity contribution >= 4 is 11.6 Å². The Balaban J connectivity index is 1.23. The van der Waals surface area contributed by atoms with Crippen LogP contribution in [-0.4, -0.2) is 53.5 Å². The molecule has 1 aromatic carbocycles. The Morgan fingerprint density at radius 2 is 1.73 bits per heavy atom. The fourth-order valence-electron chi connectivity index (χ4n) is 5.95. The molecule has 37 heavy (non-hydrogen) atoms. The van der Waals surface area contributed by atoms with Crippen molar-refractivity contribution in [2.45, 2.75) is 72.6 Å². The van der Waals surface area contributed by atoms with E-state index in [-0.39, 0.29) is 5.91 Å². The molecule has 1 fully saturated rings. The highest BCUT2D eigenvalue weighted by Crippen LogP contribution is 2.39. The highest BCUT2D eigenvalue weighted by atomic mass is 16.2. The Kier molecular flexibility index (Phi) is 7.09. The predicted octanol–water partition coefficient (Wildman–Crippen LogP) is 4.82. The standard InChI is InChI=1S/C29H37N7O/c1-5-15-29(20-24-9-7-6-8-10-24)16-18-34(19-17-29)28(37)14-11-25-21(2)32-35(22(25)3)27-13-12-26-31-30-23(4)36(26)33-27/h6-10,12-13H,5,11,14-20H2,1-4H3. The average molecular weight is 500 g/mol. The van der Waals surface area contributed by atoms with Gasteiger partial charge in [-0.1, -0.05) is 43.7 Å². The third kappa shape index (κ3) is 5.15. The van der Waals surface area contributed by atoms with Gasteiger partial charge in [0.2, 0.25) is 5.91 Å². The number of hydrogen-bond donors (Lipinski definition) is 0. The smallest absolute Gasteiger partial charge is 0.222 e. The van der Waals surface area contributed by atoms with Crippen LogP contribution in [0.1, 0.15) is 67.4 Å². The highest BCUT2D eigenvalue weighted by Gasteiger charge is 2.35. The molecule has 0 radical (unpaired) electrons. The van der Waals surface area contributed by atoms with Crippen LogP contribution >= 0.6 is 0 Å².